The fraction of sp³-hybridized carbons (Fsp3) is 0.481. The molecule has 3 heteroatoms. The molecule has 156 valence electrons. The van der Waals surface area contributed by atoms with Gasteiger partial charge in [-0.25, -0.2) is 0 Å². The summed E-state index contributed by atoms with van der Waals surface area (Å²) in [4.78, 5) is 28.8. The van der Waals surface area contributed by atoms with Gasteiger partial charge in [-0.1, -0.05) is 94.5 Å². The highest BCUT2D eigenvalue weighted by atomic mass is 16.2. The Morgan fingerprint density at radius 1 is 0.800 bits per heavy atom. The molecular formula is C27H31NO2. The number of likely N-dealkylation sites (tertiary alicyclic amines) is 1. The molecule has 0 unspecified atom stereocenters. The molecule has 30 heavy (non-hydrogen) atoms. The Hall–Kier alpha value is -2.42. The Balaban J connectivity index is 1.49. The van der Waals surface area contributed by atoms with Gasteiger partial charge in [0.25, 0.3) is 0 Å². The summed E-state index contributed by atoms with van der Waals surface area (Å²) >= 11 is 0. The number of rotatable bonds is 7. The molecule has 1 aliphatic heterocycles. The topological polar surface area (TPSA) is 37.4 Å². The molecule has 1 heterocycles. The standard InChI is InChI=1S/C27H31NO2/c1-3-4-5-6-7-12-17-28-25(29)23-22-18-13-8-10-15-20(18)27(2,24(23)26(28)30)21-16-11-9-14-19(21)22/h8-11,13-16,22-24H,3-7,12,17H2,1-2H3/t22?,23-,24-,27?/m0/s1. The number of carbonyl (C=O) groups excluding carboxylic acids is 2. The minimum absolute atomic E-state index is 0.00442. The van der Waals surface area contributed by atoms with E-state index in [0.717, 1.165) is 12.8 Å². The molecule has 2 bridgehead atoms. The SMILES string of the molecule is CCCCCCCCN1C(=O)[C@@H]2[C@@H](C1=O)C1c3ccccc3C2(C)c2ccccc21. The van der Waals surface area contributed by atoms with E-state index in [1.54, 1.807) is 4.90 Å². The lowest BCUT2D eigenvalue weighted by molar-refractivity contribution is -0.140. The summed E-state index contributed by atoms with van der Waals surface area (Å²) in [6.45, 7) is 4.98. The molecule has 2 aromatic rings. The summed E-state index contributed by atoms with van der Waals surface area (Å²) in [6.07, 6.45) is 6.94. The van der Waals surface area contributed by atoms with Crippen molar-refractivity contribution in [2.45, 2.75) is 63.7 Å². The van der Waals surface area contributed by atoms with Crippen molar-refractivity contribution in [1.29, 1.82) is 0 Å². The van der Waals surface area contributed by atoms with E-state index in [1.807, 2.05) is 0 Å². The number of unbranched alkanes of at least 4 members (excludes halogenated alkanes) is 5. The Bertz CT molecular complexity index is 946. The minimum atomic E-state index is -0.435. The Morgan fingerprint density at radius 3 is 2.00 bits per heavy atom. The molecule has 1 fully saturated rings. The quantitative estimate of drug-likeness (QED) is 0.459. The maximum absolute atomic E-state index is 13.6. The molecule has 6 rings (SSSR count). The summed E-state index contributed by atoms with van der Waals surface area (Å²) in [5.41, 5.74) is 4.51. The van der Waals surface area contributed by atoms with Crippen LogP contribution in [0, 0.1) is 11.8 Å². The lowest BCUT2D eigenvalue weighted by Gasteiger charge is -2.52. The number of imide groups is 1. The molecule has 1 saturated heterocycles. The van der Waals surface area contributed by atoms with Gasteiger partial charge in [0.1, 0.15) is 0 Å². The second-order valence-electron chi connectivity index (χ2n) is 9.45. The van der Waals surface area contributed by atoms with Crippen molar-refractivity contribution in [3.8, 4) is 0 Å². The van der Waals surface area contributed by atoms with E-state index < -0.39 is 5.41 Å². The van der Waals surface area contributed by atoms with E-state index in [4.69, 9.17) is 0 Å². The summed E-state index contributed by atoms with van der Waals surface area (Å²) in [6, 6.07) is 16.9. The number of amides is 2. The monoisotopic (exact) mass is 401 g/mol. The zero-order chi connectivity index (χ0) is 20.9. The Morgan fingerprint density at radius 2 is 1.37 bits per heavy atom. The largest absolute Gasteiger partial charge is 0.282 e. The third-order valence-electron chi connectivity index (χ3n) is 7.87. The number of hydrogen-bond acceptors (Lipinski definition) is 2. The number of benzene rings is 2. The summed E-state index contributed by atoms with van der Waals surface area (Å²) in [5.74, 6) is -0.434. The van der Waals surface area contributed by atoms with Gasteiger partial charge in [0.15, 0.2) is 0 Å². The van der Waals surface area contributed by atoms with Crippen molar-refractivity contribution in [2.24, 2.45) is 11.8 Å². The predicted octanol–water partition coefficient (Wildman–Crippen LogP) is 5.41. The molecule has 4 aliphatic rings. The van der Waals surface area contributed by atoms with Gasteiger partial charge >= 0.3 is 0 Å². The van der Waals surface area contributed by atoms with Gasteiger partial charge in [0.05, 0.1) is 11.8 Å². The highest BCUT2D eigenvalue weighted by Crippen LogP contribution is 2.63. The van der Waals surface area contributed by atoms with Crippen LogP contribution < -0.4 is 0 Å². The molecule has 3 aliphatic carbocycles. The van der Waals surface area contributed by atoms with Crippen molar-refractivity contribution in [1.82, 2.24) is 4.90 Å². The highest BCUT2D eigenvalue weighted by Gasteiger charge is 2.66. The summed E-state index contributed by atoms with van der Waals surface area (Å²) < 4.78 is 0. The van der Waals surface area contributed by atoms with E-state index >= 15 is 0 Å². The molecule has 2 amide bonds. The molecule has 2 aromatic carbocycles. The fourth-order valence-corrected chi connectivity index (χ4v) is 6.48. The van der Waals surface area contributed by atoms with Crippen LogP contribution in [0.4, 0.5) is 0 Å². The van der Waals surface area contributed by atoms with Gasteiger partial charge in [-0.05, 0) is 28.7 Å². The smallest absolute Gasteiger partial charge is 0.234 e. The fourth-order valence-electron chi connectivity index (χ4n) is 6.48. The summed E-state index contributed by atoms with van der Waals surface area (Å²) in [5, 5.41) is 0. The van der Waals surface area contributed by atoms with Crippen LogP contribution in [-0.4, -0.2) is 23.3 Å². The van der Waals surface area contributed by atoms with Crippen molar-refractivity contribution < 1.29 is 9.59 Å². The second kappa shape index (κ2) is 7.37. The van der Waals surface area contributed by atoms with Crippen LogP contribution in [0.3, 0.4) is 0 Å². The van der Waals surface area contributed by atoms with Crippen molar-refractivity contribution in [2.75, 3.05) is 6.54 Å². The molecule has 0 aromatic heterocycles. The van der Waals surface area contributed by atoms with Gasteiger partial charge in [0, 0.05) is 17.9 Å². The van der Waals surface area contributed by atoms with Crippen LogP contribution >= 0.6 is 0 Å². The number of hydrogen-bond donors (Lipinski definition) is 0. The lowest BCUT2D eigenvalue weighted by Crippen LogP contribution is -2.51. The van der Waals surface area contributed by atoms with Crippen LogP contribution in [0.25, 0.3) is 0 Å². The molecule has 0 saturated carbocycles. The molecular weight excluding hydrogens is 370 g/mol. The number of carbonyl (C=O) groups is 2. The second-order valence-corrected chi connectivity index (χ2v) is 9.45. The predicted molar refractivity (Wildman–Crippen MR) is 118 cm³/mol. The molecule has 0 N–H and O–H groups in total. The van der Waals surface area contributed by atoms with E-state index in [2.05, 4.69) is 62.4 Å². The van der Waals surface area contributed by atoms with E-state index in [9.17, 15) is 9.59 Å². The first kappa shape index (κ1) is 19.5. The van der Waals surface area contributed by atoms with Crippen molar-refractivity contribution in [3.05, 3.63) is 70.8 Å². The summed E-state index contributed by atoms with van der Waals surface area (Å²) in [7, 11) is 0. The van der Waals surface area contributed by atoms with Crippen LogP contribution in [0.5, 0.6) is 0 Å². The van der Waals surface area contributed by atoms with E-state index in [-0.39, 0.29) is 29.6 Å². The van der Waals surface area contributed by atoms with E-state index in [1.165, 1.54) is 47.9 Å². The number of nitrogens with zero attached hydrogens (tertiary/aromatic N) is 1. The molecule has 0 radical (unpaired) electrons. The zero-order valence-corrected chi connectivity index (χ0v) is 18.1. The third-order valence-corrected chi connectivity index (χ3v) is 7.87. The lowest BCUT2D eigenvalue weighted by atomic mass is 9.48. The zero-order valence-electron chi connectivity index (χ0n) is 18.1. The minimum Gasteiger partial charge on any atom is -0.282 e. The molecule has 0 spiro atoms. The van der Waals surface area contributed by atoms with Gasteiger partial charge in [-0.3, -0.25) is 14.5 Å². The van der Waals surface area contributed by atoms with Crippen molar-refractivity contribution >= 4 is 11.8 Å². The van der Waals surface area contributed by atoms with Crippen molar-refractivity contribution in [3.63, 3.8) is 0 Å². The van der Waals surface area contributed by atoms with Crippen LogP contribution in [0.2, 0.25) is 0 Å². The normalized spacial score (nSPS) is 28.5. The van der Waals surface area contributed by atoms with Gasteiger partial charge < -0.3 is 0 Å². The van der Waals surface area contributed by atoms with Crippen LogP contribution in [0.15, 0.2) is 48.5 Å². The first-order valence-electron chi connectivity index (χ1n) is 11.6. The third kappa shape index (κ3) is 2.57. The van der Waals surface area contributed by atoms with Gasteiger partial charge in [0.2, 0.25) is 11.8 Å². The highest BCUT2D eigenvalue weighted by molar-refractivity contribution is 6.08. The molecule has 2 atom stereocenters. The van der Waals surface area contributed by atoms with Gasteiger partial charge in [-0.2, -0.15) is 0 Å². The Kier molecular flexibility index (Phi) is 4.80. The first-order valence-corrected chi connectivity index (χ1v) is 11.6. The average molecular weight is 402 g/mol. The molecule has 3 nitrogen and oxygen atoms in total. The van der Waals surface area contributed by atoms with Crippen LogP contribution in [0.1, 0.15) is 80.5 Å². The maximum atomic E-state index is 13.6. The average Bonchev–Trinajstić information content (AvgIpc) is 3.02. The maximum Gasteiger partial charge on any atom is 0.234 e. The Labute approximate surface area is 179 Å². The van der Waals surface area contributed by atoms with Gasteiger partial charge in [-0.15, -0.1) is 0 Å². The van der Waals surface area contributed by atoms with E-state index in [0.29, 0.717) is 6.54 Å². The first-order chi connectivity index (χ1) is 14.6. The van der Waals surface area contributed by atoms with Crippen LogP contribution in [-0.2, 0) is 15.0 Å².